The van der Waals surface area contributed by atoms with E-state index in [0.29, 0.717) is 36.4 Å². The summed E-state index contributed by atoms with van der Waals surface area (Å²) in [5.41, 5.74) is 6.83. The van der Waals surface area contributed by atoms with Gasteiger partial charge in [-0.25, -0.2) is 9.97 Å². The van der Waals surface area contributed by atoms with E-state index >= 15 is 0 Å². The van der Waals surface area contributed by atoms with Crippen LogP contribution in [0.1, 0.15) is 41.9 Å². The van der Waals surface area contributed by atoms with Gasteiger partial charge in [0.2, 0.25) is 5.89 Å². The summed E-state index contributed by atoms with van der Waals surface area (Å²) in [6.07, 6.45) is 2.99. The van der Waals surface area contributed by atoms with Gasteiger partial charge in [0.1, 0.15) is 17.5 Å². The molecule has 0 radical (unpaired) electrons. The predicted molar refractivity (Wildman–Crippen MR) is 74.4 cm³/mol. The van der Waals surface area contributed by atoms with Gasteiger partial charge >= 0.3 is 0 Å². The number of nitrogen functional groups attached to an aromatic ring is 1. The first-order valence-corrected chi connectivity index (χ1v) is 6.80. The lowest BCUT2D eigenvalue weighted by Gasteiger charge is -2.11. The predicted octanol–water partition coefficient (Wildman–Crippen LogP) is 1.59. The molecule has 7 heteroatoms. The molecule has 1 saturated carbocycles. The second-order valence-electron chi connectivity index (χ2n) is 5.12. The van der Waals surface area contributed by atoms with Crippen molar-refractivity contribution in [1.29, 1.82) is 0 Å². The minimum atomic E-state index is 0.485. The SMILES string of the molecule is Cc1nc(CCNc2nc(C3CC3)nc(N)c2C)no1. The van der Waals surface area contributed by atoms with E-state index in [1.54, 1.807) is 6.92 Å². The van der Waals surface area contributed by atoms with Crippen molar-refractivity contribution in [2.24, 2.45) is 0 Å². The first-order valence-electron chi connectivity index (χ1n) is 6.80. The first kappa shape index (κ1) is 12.8. The van der Waals surface area contributed by atoms with Crippen LogP contribution in [-0.4, -0.2) is 26.7 Å². The molecule has 7 nitrogen and oxygen atoms in total. The summed E-state index contributed by atoms with van der Waals surface area (Å²) in [6.45, 7) is 4.38. The van der Waals surface area contributed by atoms with Crippen molar-refractivity contribution in [3.05, 3.63) is 23.1 Å². The van der Waals surface area contributed by atoms with Gasteiger partial charge in [0.05, 0.1) is 0 Å². The summed E-state index contributed by atoms with van der Waals surface area (Å²) >= 11 is 0. The van der Waals surface area contributed by atoms with Gasteiger partial charge in [-0.2, -0.15) is 4.98 Å². The van der Waals surface area contributed by atoms with E-state index in [-0.39, 0.29) is 0 Å². The van der Waals surface area contributed by atoms with Crippen LogP contribution in [0.5, 0.6) is 0 Å². The Morgan fingerprint density at radius 3 is 2.70 bits per heavy atom. The second-order valence-corrected chi connectivity index (χ2v) is 5.12. The molecule has 1 aliphatic carbocycles. The van der Waals surface area contributed by atoms with Crippen LogP contribution >= 0.6 is 0 Å². The van der Waals surface area contributed by atoms with Crippen molar-refractivity contribution < 1.29 is 4.52 Å². The third kappa shape index (κ3) is 2.71. The number of anilines is 2. The van der Waals surface area contributed by atoms with E-state index < -0.39 is 0 Å². The summed E-state index contributed by atoms with van der Waals surface area (Å²) < 4.78 is 4.93. The van der Waals surface area contributed by atoms with E-state index in [1.165, 1.54) is 0 Å². The van der Waals surface area contributed by atoms with Crippen LogP contribution in [0.2, 0.25) is 0 Å². The first-order chi connectivity index (χ1) is 9.63. The van der Waals surface area contributed by atoms with Crippen molar-refractivity contribution in [3.8, 4) is 0 Å². The number of nitrogens with zero attached hydrogens (tertiary/aromatic N) is 4. The van der Waals surface area contributed by atoms with Gasteiger partial charge in [0.15, 0.2) is 5.82 Å². The zero-order valence-electron chi connectivity index (χ0n) is 11.7. The maximum Gasteiger partial charge on any atom is 0.223 e. The molecule has 0 amide bonds. The van der Waals surface area contributed by atoms with Crippen LogP contribution in [0.25, 0.3) is 0 Å². The van der Waals surface area contributed by atoms with Crippen LogP contribution in [0.4, 0.5) is 11.6 Å². The maximum atomic E-state index is 5.94. The summed E-state index contributed by atoms with van der Waals surface area (Å²) in [4.78, 5) is 13.1. The Kier molecular flexibility index (Phi) is 3.25. The normalized spacial score (nSPS) is 14.5. The van der Waals surface area contributed by atoms with Gasteiger partial charge in [-0.3, -0.25) is 0 Å². The van der Waals surface area contributed by atoms with Gasteiger partial charge in [-0.15, -0.1) is 0 Å². The van der Waals surface area contributed by atoms with Crippen LogP contribution in [0.15, 0.2) is 4.52 Å². The molecular formula is C13H18N6O. The zero-order valence-corrected chi connectivity index (χ0v) is 11.7. The zero-order chi connectivity index (χ0) is 14.1. The third-order valence-electron chi connectivity index (χ3n) is 3.35. The molecule has 0 aromatic carbocycles. The smallest absolute Gasteiger partial charge is 0.223 e. The molecule has 20 heavy (non-hydrogen) atoms. The lowest BCUT2D eigenvalue weighted by Crippen LogP contribution is -2.12. The summed E-state index contributed by atoms with van der Waals surface area (Å²) in [5.74, 6) is 3.97. The standard InChI is InChI=1S/C13H18N6O/c1-7-11(14)17-13(9-3-4-9)18-12(7)15-6-5-10-16-8(2)20-19-10/h9H,3-6H2,1-2H3,(H3,14,15,17,18). The minimum Gasteiger partial charge on any atom is -0.383 e. The third-order valence-corrected chi connectivity index (χ3v) is 3.35. The summed E-state index contributed by atoms with van der Waals surface area (Å²) in [6, 6.07) is 0. The molecule has 106 valence electrons. The van der Waals surface area contributed by atoms with E-state index in [1.807, 2.05) is 6.92 Å². The number of nitrogens with two attached hydrogens (primary N) is 1. The van der Waals surface area contributed by atoms with E-state index in [9.17, 15) is 0 Å². The molecule has 2 heterocycles. The number of hydrogen-bond acceptors (Lipinski definition) is 7. The lowest BCUT2D eigenvalue weighted by atomic mass is 10.2. The Hall–Kier alpha value is -2.18. The highest BCUT2D eigenvalue weighted by molar-refractivity contribution is 5.55. The quantitative estimate of drug-likeness (QED) is 0.853. The molecule has 0 spiro atoms. The van der Waals surface area contributed by atoms with E-state index in [0.717, 1.165) is 30.0 Å². The molecule has 0 atom stereocenters. The van der Waals surface area contributed by atoms with Crippen LogP contribution < -0.4 is 11.1 Å². The van der Waals surface area contributed by atoms with Crippen molar-refractivity contribution in [1.82, 2.24) is 20.1 Å². The van der Waals surface area contributed by atoms with Gasteiger partial charge in [-0.1, -0.05) is 5.16 Å². The molecule has 2 aromatic heterocycles. The number of aryl methyl sites for hydroxylation is 1. The highest BCUT2D eigenvalue weighted by Gasteiger charge is 2.27. The van der Waals surface area contributed by atoms with Crippen LogP contribution in [-0.2, 0) is 6.42 Å². The van der Waals surface area contributed by atoms with Crippen molar-refractivity contribution in [2.75, 3.05) is 17.6 Å². The molecule has 3 rings (SSSR count). The van der Waals surface area contributed by atoms with Crippen molar-refractivity contribution in [2.45, 2.75) is 39.0 Å². The summed E-state index contributed by atoms with van der Waals surface area (Å²) in [7, 11) is 0. The fourth-order valence-electron chi connectivity index (χ4n) is 1.98. The molecule has 3 N–H and O–H groups in total. The highest BCUT2D eigenvalue weighted by Crippen LogP contribution is 2.39. The molecule has 0 unspecified atom stereocenters. The fourth-order valence-corrected chi connectivity index (χ4v) is 1.98. The fraction of sp³-hybridized carbons (Fsp3) is 0.538. The summed E-state index contributed by atoms with van der Waals surface area (Å²) in [5, 5.41) is 7.14. The number of rotatable bonds is 5. The van der Waals surface area contributed by atoms with Crippen molar-refractivity contribution >= 4 is 11.6 Å². The number of nitrogens with one attached hydrogen (secondary N) is 1. The van der Waals surface area contributed by atoms with E-state index in [4.69, 9.17) is 10.3 Å². The molecule has 2 aromatic rings. The monoisotopic (exact) mass is 274 g/mol. The highest BCUT2D eigenvalue weighted by atomic mass is 16.5. The van der Waals surface area contributed by atoms with Crippen LogP contribution in [0, 0.1) is 13.8 Å². The molecule has 1 fully saturated rings. The van der Waals surface area contributed by atoms with Gasteiger partial charge < -0.3 is 15.6 Å². The molecule has 0 aliphatic heterocycles. The second kappa shape index (κ2) is 5.07. The van der Waals surface area contributed by atoms with Crippen molar-refractivity contribution in [3.63, 3.8) is 0 Å². The molecule has 0 bridgehead atoms. The van der Waals surface area contributed by atoms with Gasteiger partial charge in [-0.05, 0) is 19.8 Å². The van der Waals surface area contributed by atoms with E-state index in [2.05, 4.69) is 25.4 Å². The topological polar surface area (TPSA) is 103 Å². The van der Waals surface area contributed by atoms with Gasteiger partial charge in [0, 0.05) is 31.4 Å². The Morgan fingerprint density at radius 1 is 1.25 bits per heavy atom. The van der Waals surface area contributed by atoms with Gasteiger partial charge in [0.25, 0.3) is 0 Å². The number of aromatic nitrogens is 4. The average molecular weight is 274 g/mol. The molecular weight excluding hydrogens is 256 g/mol. The largest absolute Gasteiger partial charge is 0.383 e. The molecule has 0 saturated heterocycles. The minimum absolute atomic E-state index is 0.485. The Morgan fingerprint density at radius 2 is 2.05 bits per heavy atom. The maximum absolute atomic E-state index is 5.94. The average Bonchev–Trinajstić information content (AvgIpc) is 3.18. The Balaban J connectivity index is 1.67. The number of hydrogen-bond donors (Lipinski definition) is 2. The molecule has 1 aliphatic rings. The van der Waals surface area contributed by atoms with Crippen LogP contribution in [0.3, 0.4) is 0 Å². The lowest BCUT2D eigenvalue weighted by molar-refractivity contribution is 0.387. The Bertz CT molecular complexity index is 619. The Labute approximate surface area is 117 Å².